The number of ether oxygens (including phenoxy) is 1. The molecule has 0 aromatic heterocycles. The van der Waals surface area contributed by atoms with Gasteiger partial charge in [0.2, 0.25) is 5.75 Å². The Balaban J connectivity index is 1.40. The Morgan fingerprint density at radius 2 is 1.54 bits per heavy atom. The number of fused-ring (bicyclic) bond motifs is 1. The Morgan fingerprint density at radius 3 is 2.18 bits per heavy atom. The fourth-order valence-electron chi connectivity index (χ4n) is 5.26. The maximum Gasteiger partial charge on any atom is 0.573 e. The summed E-state index contributed by atoms with van der Waals surface area (Å²) in [4.78, 5) is 0. The molecule has 0 atom stereocenters. The first-order valence-electron chi connectivity index (χ1n) is 13.2. The van der Waals surface area contributed by atoms with Gasteiger partial charge in [-0.3, -0.25) is 0 Å². The molecule has 0 saturated heterocycles. The molecule has 1 aliphatic rings. The first-order chi connectivity index (χ1) is 18.6. The average molecular weight is 545 g/mol. The molecule has 1 saturated carbocycles. The smallest absolute Gasteiger partial charge is 0.399 e. The minimum Gasteiger partial charge on any atom is -0.399 e. The van der Waals surface area contributed by atoms with E-state index in [1.807, 2.05) is 12.1 Å². The van der Waals surface area contributed by atoms with Gasteiger partial charge in [-0.15, -0.1) is 13.2 Å². The van der Waals surface area contributed by atoms with E-state index in [1.165, 1.54) is 38.2 Å². The molecule has 0 heterocycles. The average Bonchev–Trinajstić information content (AvgIpc) is 2.89. The molecular formula is C32H30F6O. The number of alkyl halides is 3. The Morgan fingerprint density at radius 1 is 0.872 bits per heavy atom. The monoisotopic (exact) mass is 544 g/mol. The summed E-state index contributed by atoms with van der Waals surface area (Å²) in [6, 6.07) is 10.0. The number of allylic oxidation sites excluding steroid dienone is 2. The van der Waals surface area contributed by atoms with Gasteiger partial charge < -0.3 is 4.74 Å². The highest BCUT2D eigenvalue weighted by molar-refractivity contribution is 5.85. The summed E-state index contributed by atoms with van der Waals surface area (Å²) in [7, 11) is 0. The Bertz CT molecular complexity index is 1360. The zero-order valence-corrected chi connectivity index (χ0v) is 21.7. The molecule has 4 rings (SSSR count). The summed E-state index contributed by atoms with van der Waals surface area (Å²) in [5, 5.41) is 1.10. The second-order valence-electron chi connectivity index (χ2n) is 10.1. The van der Waals surface area contributed by atoms with Crippen LogP contribution in [-0.4, -0.2) is 6.36 Å². The lowest BCUT2D eigenvalue weighted by molar-refractivity contribution is -0.276. The number of rotatable bonds is 7. The summed E-state index contributed by atoms with van der Waals surface area (Å²) in [6.07, 6.45) is 8.69. The molecule has 0 amide bonds. The van der Waals surface area contributed by atoms with Crippen LogP contribution in [0.4, 0.5) is 26.3 Å². The highest BCUT2D eigenvalue weighted by Gasteiger charge is 2.34. The van der Waals surface area contributed by atoms with Gasteiger partial charge in [0.1, 0.15) is 5.82 Å². The van der Waals surface area contributed by atoms with Gasteiger partial charge >= 0.3 is 6.36 Å². The molecular weight excluding hydrogens is 514 g/mol. The summed E-state index contributed by atoms with van der Waals surface area (Å²) in [6.45, 7) is 2.06. The maximum absolute atomic E-state index is 15.1. The highest BCUT2D eigenvalue weighted by Crippen LogP contribution is 2.34. The third kappa shape index (κ3) is 7.81. The second-order valence-corrected chi connectivity index (χ2v) is 10.1. The molecule has 0 radical (unpaired) electrons. The van der Waals surface area contributed by atoms with E-state index < -0.39 is 29.6 Å². The lowest BCUT2D eigenvalue weighted by Crippen LogP contribution is -2.19. The number of aryl methyl sites for hydroxylation is 1. The van der Waals surface area contributed by atoms with Crippen LogP contribution in [-0.2, 0) is 6.42 Å². The summed E-state index contributed by atoms with van der Waals surface area (Å²) >= 11 is 0. The normalized spacial score (nSPS) is 17.8. The Kier molecular flexibility index (Phi) is 9.27. The van der Waals surface area contributed by atoms with Crippen molar-refractivity contribution >= 4 is 10.8 Å². The lowest BCUT2D eigenvalue weighted by atomic mass is 9.78. The topological polar surface area (TPSA) is 9.23 Å². The van der Waals surface area contributed by atoms with Crippen molar-refractivity contribution in [3.8, 4) is 17.6 Å². The van der Waals surface area contributed by atoms with E-state index in [-0.39, 0.29) is 11.1 Å². The molecule has 1 fully saturated rings. The van der Waals surface area contributed by atoms with Crippen LogP contribution < -0.4 is 4.74 Å². The largest absolute Gasteiger partial charge is 0.573 e. The van der Waals surface area contributed by atoms with Crippen LogP contribution in [0.15, 0.2) is 54.6 Å². The van der Waals surface area contributed by atoms with E-state index in [1.54, 1.807) is 12.1 Å². The van der Waals surface area contributed by atoms with E-state index in [9.17, 15) is 22.0 Å². The van der Waals surface area contributed by atoms with Crippen molar-refractivity contribution in [2.75, 3.05) is 0 Å². The van der Waals surface area contributed by atoms with Crippen molar-refractivity contribution in [2.24, 2.45) is 11.8 Å². The van der Waals surface area contributed by atoms with Crippen LogP contribution >= 0.6 is 0 Å². The van der Waals surface area contributed by atoms with Crippen molar-refractivity contribution in [3.63, 3.8) is 0 Å². The van der Waals surface area contributed by atoms with Crippen LogP contribution in [0.25, 0.3) is 10.8 Å². The third-order valence-corrected chi connectivity index (χ3v) is 7.36. The number of benzene rings is 3. The predicted molar refractivity (Wildman–Crippen MR) is 141 cm³/mol. The molecule has 0 bridgehead atoms. The summed E-state index contributed by atoms with van der Waals surface area (Å²) < 4.78 is 83.4. The van der Waals surface area contributed by atoms with Gasteiger partial charge in [-0.2, -0.15) is 0 Å². The first-order valence-corrected chi connectivity index (χ1v) is 13.2. The minimum atomic E-state index is -5.24. The maximum atomic E-state index is 15.1. The third-order valence-electron chi connectivity index (χ3n) is 7.36. The van der Waals surface area contributed by atoms with Gasteiger partial charge in [0.15, 0.2) is 11.6 Å². The predicted octanol–water partition coefficient (Wildman–Crippen LogP) is 9.65. The molecule has 0 spiro atoms. The summed E-state index contributed by atoms with van der Waals surface area (Å²) in [5.74, 6) is 1.25. The van der Waals surface area contributed by atoms with Crippen molar-refractivity contribution in [2.45, 2.75) is 64.7 Å². The van der Waals surface area contributed by atoms with Gasteiger partial charge in [-0.25, -0.2) is 13.2 Å². The molecule has 39 heavy (non-hydrogen) atoms. The fraction of sp³-hybridized carbons (Fsp3) is 0.375. The van der Waals surface area contributed by atoms with E-state index in [2.05, 4.69) is 35.7 Å². The van der Waals surface area contributed by atoms with Crippen LogP contribution in [0.1, 0.15) is 68.6 Å². The van der Waals surface area contributed by atoms with Crippen molar-refractivity contribution in [1.82, 2.24) is 0 Å². The molecule has 7 heteroatoms. The standard InChI is InChI=1S/C32H30F6O/c1-2-3-4-5-21-6-8-22(9-7-21)10-11-23-13-17-27-26(18-23)16-15-25(30(27)35)14-12-24-19-28(33)31(29(34)20-24)39-32(36,37)38/h2-3,13,15-22H,4-11H2,1H3/b3-2+. The van der Waals surface area contributed by atoms with Crippen molar-refractivity contribution in [1.29, 1.82) is 0 Å². The first kappa shape index (κ1) is 28.6. The molecule has 0 unspecified atom stereocenters. The van der Waals surface area contributed by atoms with Gasteiger partial charge in [0.05, 0.1) is 5.56 Å². The second kappa shape index (κ2) is 12.6. The van der Waals surface area contributed by atoms with Crippen LogP contribution in [0.5, 0.6) is 5.75 Å². The van der Waals surface area contributed by atoms with Crippen molar-refractivity contribution < 1.29 is 31.1 Å². The van der Waals surface area contributed by atoms with Gasteiger partial charge in [-0.05, 0) is 73.6 Å². The van der Waals surface area contributed by atoms with E-state index in [0.717, 1.165) is 42.0 Å². The molecule has 3 aromatic carbocycles. The van der Waals surface area contributed by atoms with Crippen LogP contribution in [0.3, 0.4) is 0 Å². The molecule has 206 valence electrons. The van der Waals surface area contributed by atoms with Crippen LogP contribution in [0.2, 0.25) is 0 Å². The zero-order valence-electron chi connectivity index (χ0n) is 21.7. The minimum absolute atomic E-state index is 0.0119. The molecule has 1 nitrogen and oxygen atoms in total. The van der Waals surface area contributed by atoms with E-state index in [4.69, 9.17) is 0 Å². The summed E-state index contributed by atoms with van der Waals surface area (Å²) in [5.41, 5.74) is 0.905. The molecule has 0 N–H and O–H groups in total. The zero-order chi connectivity index (χ0) is 28.0. The van der Waals surface area contributed by atoms with Crippen LogP contribution in [0, 0.1) is 41.1 Å². The lowest BCUT2D eigenvalue weighted by Gasteiger charge is -2.28. The SMILES string of the molecule is C/C=C/CCC1CCC(CCc2ccc3c(F)c(C#Cc4cc(F)c(OC(F)(F)F)c(F)c4)ccc3c2)CC1. The molecule has 1 aliphatic carbocycles. The van der Waals surface area contributed by atoms with Gasteiger partial charge in [0, 0.05) is 10.9 Å². The van der Waals surface area contributed by atoms with E-state index >= 15 is 4.39 Å². The van der Waals surface area contributed by atoms with Crippen molar-refractivity contribution in [3.05, 3.63) is 88.8 Å². The quantitative estimate of drug-likeness (QED) is 0.163. The molecule has 0 aliphatic heterocycles. The highest BCUT2D eigenvalue weighted by atomic mass is 19.4. The number of hydrogen-bond acceptors (Lipinski definition) is 1. The Hall–Kier alpha value is -3.40. The fourth-order valence-corrected chi connectivity index (χ4v) is 5.26. The van der Waals surface area contributed by atoms with Gasteiger partial charge in [0.25, 0.3) is 0 Å². The number of hydrogen-bond donors (Lipinski definition) is 0. The Labute approximate surface area is 224 Å². The van der Waals surface area contributed by atoms with Gasteiger partial charge in [-0.1, -0.05) is 73.9 Å². The molecule has 3 aromatic rings. The number of halogens is 6. The van der Waals surface area contributed by atoms with E-state index in [0.29, 0.717) is 17.5 Å².